The molecule has 6 nitrogen and oxygen atoms in total. The smallest absolute Gasteiger partial charge is 0.262 e. The van der Waals surface area contributed by atoms with Crippen molar-refractivity contribution in [2.75, 3.05) is 18.0 Å². The van der Waals surface area contributed by atoms with Gasteiger partial charge in [-0.05, 0) is 12.8 Å². The average Bonchev–Trinajstić information content (AvgIpc) is 2.76. The minimum absolute atomic E-state index is 0.221. The molecule has 16 heavy (non-hydrogen) atoms. The van der Waals surface area contributed by atoms with E-state index in [-0.39, 0.29) is 6.04 Å². The molecule has 1 saturated heterocycles. The summed E-state index contributed by atoms with van der Waals surface area (Å²) < 4.78 is 5.02. The summed E-state index contributed by atoms with van der Waals surface area (Å²) in [6.07, 6.45) is 5.33. The maximum Gasteiger partial charge on any atom is 0.262 e. The number of rotatable bonds is 1. The summed E-state index contributed by atoms with van der Waals surface area (Å²) >= 11 is 0. The highest BCUT2D eigenvalue weighted by Crippen LogP contribution is 2.24. The lowest BCUT2D eigenvalue weighted by Gasteiger charge is -2.31. The number of hydrogen-bond acceptors (Lipinski definition) is 6. The molecule has 0 spiro atoms. The average molecular weight is 219 g/mol. The third-order valence-corrected chi connectivity index (χ3v) is 2.90. The Bertz CT molecular complexity index is 497. The molecule has 0 radical (unpaired) electrons. The summed E-state index contributed by atoms with van der Waals surface area (Å²) in [6, 6.07) is 0.221. The number of anilines is 1. The van der Waals surface area contributed by atoms with Crippen molar-refractivity contribution >= 4 is 16.9 Å². The molecule has 1 aliphatic heterocycles. The zero-order valence-corrected chi connectivity index (χ0v) is 8.83. The van der Waals surface area contributed by atoms with Crippen molar-refractivity contribution in [3.05, 3.63) is 12.5 Å². The van der Waals surface area contributed by atoms with Gasteiger partial charge < -0.3 is 15.2 Å². The lowest BCUT2D eigenvalue weighted by atomic mass is 10.1. The molecule has 0 saturated carbocycles. The van der Waals surface area contributed by atoms with Crippen LogP contribution in [0.15, 0.2) is 17.0 Å². The molecule has 2 N–H and O–H groups in total. The van der Waals surface area contributed by atoms with Crippen molar-refractivity contribution in [3.8, 4) is 0 Å². The standard InChI is InChI=1S/C10H13N5O/c11-7-2-1-3-15(5-7)9-8-4-14-16-10(8)13-6-12-9/h4,6-7H,1-3,5,11H2. The third-order valence-electron chi connectivity index (χ3n) is 2.90. The maximum atomic E-state index is 5.96. The van der Waals surface area contributed by atoms with Crippen molar-refractivity contribution in [1.82, 2.24) is 15.1 Å². The molecular formula is C10H13N5O. The van der Waals surface area contributed by atoms with Crippen LogP contribution in [0, 0.1) is 0 Å². The summed E-state index contributed by atoms with van der Waals surface area (Å²) in [5, 5.41) is 4.60. The number of nitrogens with zero attached hydrogens (tertiary/aromatic N) is 4. The van der Waals surface area contributed by atoms with E-state index in [1.165, 1.54) is 6.33 Å². The van der Waals surface area contributed by atoms with Gasteiger partial charge in [-0.25, -0.2) is 4.98 Å². The number of hydrogen-bond donors (Lipinski definition) is 1. The van der Waals surface area contributed by atoms with Crippen molar-refractivity contribution < 1.29 is 4.52 Å². The zero-order chi connectivity index (χ0) is 11.0. The van der Waals surface area contributed by atoms with Gasteiger partial charge in [0.15, 0.2) is 0 Å². The van der Waals surface area contributed by atoms with Gasteiger partial charge >= 0.3 is 0 Å². The van der Waals surface area contributed by atoms with E-state index in [1.807, 2.05) is 0 Å². The van der Waals surface area contributed by atoms with Crippen molar-refractivity contribution in [2.24, 2.45) is 5.73 Å². The SMILES string of the molecule is NC1CCCN(c2ncnc3oncc23)C1. The summed E-state index contributed by atoms with van der Waals surface area (Å²) in [6.45, 7) is 1.81. The van der Waals surface area contributed by atoms with Crippen LogP contribution >= 0.6 is 0 Å². The van der Waals surface area contributed by atoms with Crippen molar-refractivity contribution in [2.45, 2.75) is 18.9 Å². The largest absolute Gasteiger partial charge is 0.354 e. The predicted molar refractivity (Wildman–Crippen MR) is 59.0 cm³/mol. The molecule has 3 heterocycles. The van der Waals surface area contributed by atoms with Gasteiger partial charge in [-0.3, -0.25) is 0 Å². The van der Waals surface area contributed by atoms with Gasteiger partial charge in [-0.15, -0.1) is 0 Å². The molecule has 1 atom stereocenters. The zero-order valence-electron chi connectivity index (χ0n) is 8.83. The Labute approximate surface area is 92.4 Å². The lowest BCUT2D eigenvalue weighted by Crippen LogP contribution is -2.43. The molecule has 2 aromatic rings. The van der Waals surface area contributed by atoms with Crippen LogP contribution in [0.3, 0.4) is 0 Å². The fourth-order valence-corrected chi connectivity index (χ4v) is 2.14. The topological polar surface area (TPSA) is 81.1 Å². The van der Waals surface area contributed by atoms with Crippen molar-refractivity contribution in [3.63, 3.8) is 0 Å². The highest BCUT2D eigenvalue weighted by Gasteiger charge is 2.20. The Balaban J connectivity index is 2.01. The molecule has 84 valence electrons. The number of fused-ring (bicyclic) bond motifs is 1. The summed E-state index contributed by atoms with van der Waals surface area (Å²) in [4.78, 5) is 10.5. The fourth-order valence-electron chi connectivity index (χ4n) is 2.14. The molecule has 0 bridgehead atoms. The van der Waals surface area contributed by atoms with Gasteiger partial charge in [0.1, 0.15) is 17.5 Å². The van der Waals surface area contributed by atoms with Gasteiger partial charge in [0.25, 0.3) is 5.71 Å². The van der Waals surface area contributed by atoms with E-state index in [1.54, 1.807) is 6.20 Å². The number of aromatic nitrogens is 3. The maximum absolute atomic E-state index is 5.96. The van der Waals surface area contributed by atoms with Crippen LogP contribution in [0.4, 0.5) is 5.82 Å². The first kappa shape index (κ1) is 9.53. The van der Waals surface area contributed by atoms with Crippen LogP contribution in [-0.4, -0.2) is 34.3 Å². The van der Waals surface area contributed by atoms with Crippen LogP contribution in [0.1, 0.15) is 12.8 Å². The number of nitrogens with two attached hydrogens (primary N) is 1. The van der Waals surface area contributed by atoms with Crippen LogP contribution in [0.5, 0.6) is 0 Å². The first-order valence-corrected chi connectivity index (χ1v) is 5.40. The van der Waals surface area contributed by atoms with Crippen LogP contribution in [-0.2, 0) is 0 Å². The van der Waals surface area contributed by atoms with Crippen LogP contribution in [0.25, 0.3) is 11.1 Å². The second-order valence-corrected chi connectivity index (χ2v) is 4.09. The van der Waals surface area contributed by atoms with Crippen molar-refractivity contribution in [1.29, 1.82) is 0 Å². The van der Waals surface area contributed by atoms with Gasteiger partial charge in [-0.1, -0.05) is 5.16 Å². The molecule has 0 aliphatic carbocycles. The highest BCUT2D eigenvalue weighted by atomic mass is 16.5. The Kier molecular flexibility index (Phi) is 2.21. The van der Waals surface area contributed by atoms with E-state index in [0.717, 1.165) is 37.1 Å². The minimum atomic E-state index is 0.221. The molecule has 1 unspecified atom stereocenters. The molecule has 2 aromatic heterocycles. The predicted octanol–water partition coefficient (Wildman–Crippen LogP) is 0.545. The second kappa shape index (κ2) is 3.71. The molecule has 0 aromatic carbocycles. The number of piperidine rings is 1. The van der Waals surface area contributed by atoms with Crippen LogP contribution in [0.2, 0.25) is 0 Å². The van der Waals surface area contributed by atoms with E-state index >= 15 is 0 Å². The molecule has 1 fully saturated rings. The van der Waals surface area contributed by atoms with E-state index in [4.69, 9.17) is 10.3 Å². The first-order valence-electron chi connectivity index (χ1n) is 5.40. The Morgan fingerprint density at radius 3 is 3.25 bits per heavy atom. The Hall–Kier alpha value is -1.69. The summed E-state index contributed by atoms with van der Waals surface area (Å²) in [5.41, 5.74) is 6.49. The summed E-state index contributed by atoms with van der Waals surface area (Å²) in [7, 11) is 0. The van der Waals surface area contributed by atoms with Gasteiger partial charge in [0.2, 0.25) is 0 Å². The van der Waals surface area contributed by atoms with Gasteiger partial charge in [0.05, 0.1) is 6.20 Å². The van der Waals surface area contributed by atoms with E-state index in [9.17, 15) is 0 Å². The van der Waals surface area contributed by atoms with E-state index < -0.39 is 0 Å². The van der Waals surface area contributed by atoms with Gasteiger partial charge in [0, 0.05) is 19.1 Å². The Morgan fingerprint density at radius 1 is 1.44 bits per heavy atom. The molecule has 1 aliphatic rings. The van der Waals surface area contributed by atoms with Crippen LogP contribution < -0.4 is 10.6 Å². The third kappa shape index (κ3) is 1.51. The van der Waals surface area contributed by atoms with E-state index in [0.29, 0.717) is 5.71 Å². The van der Waals surface area contributed by atoms with E-state index in [2.05, 4.69) is 20.0 Å². The molecule has 6 heteroatoms. The Morgan fingerprint density at radius 2 is 2.38 bits per heavy atom. The lowest BCUT2D eigenvalue weighted by molar-refractivity contribution is 0.448. The fraction of sp³-hybridized carbons (Fsp3) is 0.500. The monoisotopic (exact) mass is 219 g/mol. The van der Waals surface area contributed by atoms with Gasteiger partial charge in [-0.2, -0.15) is 4.98 Å². The normalized spacial score (nSPS) is 21.6. The molecule has 0 amide bonds. The second-order valence-electron chi connectivity index (χ2n) is 4.09. The molecular weight excluding hydrogens is 206 g/mol. The highest BCUT2D eigenvalue weighted by molar-refractivity contribution is 5.84. The quantitative estimate of drug-likeness (QED) is 0.754. The summed E-state index contributed by atoms with van der Waals surface area (Å²) in [5.74, 6) is 0.876. The first-order chi connectivity index (χ1) is 7.84. The minimum Gasteiger partial charge on any atom is -0.354 e. The molecule has 3 rings (SSSR count).